The third-order valence-corrected chi connectivity index (χ3v) is 4.43. The molecule has 2 nitrogen and oxygen atoms in total. The van der Waals surface area contributed by atoms with Gasteiger partial charge < -0.3 is 9.47 Å². The average Bonchev–Trinajstić information content (AvgIpc) is 2.45. The van der Waals surface area contributed by atoms with Gasteiger partial charge in [0.2, 0.25) is 0 Å². The molecule has 0 unspecified atom stereocenters. The van der Waals surface area contributed by atoms with Crippen molar-refractivity contribution in [3.63, 3.8) is 0 Å². The van der Waals surface area contributed by atoms with E-state index in [4.69, 9.17) is 21.1 Å². The van der Waals surface area contributed by atoms with E-state index >= 15 is 0 Å². The summed E-state index contributed by atoms with van der Waals surface area (Å²) in [5.74, 6) is 2.07. The lowest BCUT2D eigenvalue weighted by molar-refractivity contribution is 0.301. The van der Waals surface area contributed by atoms with Gasteiger partial charge in [-0.25, -0.2) is 0 Å². The summed E-state index contributed by atoms with van der Waals surface area (Å²) in [6.07, 6.45) is 0. The molecule has 0 aliphatic carbocycles. The molecule has 0 saturated heterocycles. The van der Waals surface area contributed by atoms with Crippen LogP contribution >= 0.6 is 43.5 Å². The molecule has 0 aromatic heterocycles. The van der Waals surface area contributed by atoms with Gasteiger partial charge in [-0.3, -0.25) is 0 Å². The minimum atomic E-state index is 0.419. The molecule has 0 saturated carbocycles. The van der Waals surface area contributed by atoms with E-state index in [0.29, 0.717) is 12.5 Å². The Morgan fingerprint density at radius 1 is 1.14 bits per heavy atom. The predicted octanol–water partition coefficient (Wildman–Crippen LogP) is 5.85. The van der Waals surface area contributed by atoms with Gasteiger partial charge in [0.05, 0.1) is 17.5 Å². The zero-order valence-corrected chi connectivity index (χ0v) is 15.7. The molecule has 0 spiro atoms. The van der Waals surface area contributed by atoms with Crippen LogP contribution in [-0.2, 0) is 12.5 Å². The first-order chi connectivity index (χ1) is 10.0. The summed E-state index contributed by atoms with van der Waals surface area (Å²) in [6, 6.07) is 9.90. The Balaban J connectivity index is 2.18. The van der Waals surface area contributed by atoms with Crippen LogP contribution in [0.15, 0.2) is 39.3 Å². The summed E-state index contributed by atoms with van der Waals surface area (Å²) in [5.41, 5.74) is 3.11. The van der Waals surface area contributed by atoms with E-state index in [1.807, 2.05) is 37.3 Å². The van der Waals surface area contributed by atoms with E-state index < -0.39 is 0 Å². The van der Waals surface area contributed by atoms with Gasteiger partial charge >= 0.3 is 0 Å². The Kier molecular flexibility index (Phi) is 5.97. The number of alkyl halides is 1. The van der Waals surface area contributed by atoms with E-state index in [9.17, 15) is 0 Å². The molecular formula is C16H15Br2ClO2. The Bertz CT molecular complexity index is 644. The van der Waals surface area contributed by atoms with Crippen molar-refractivity contribution in [1.29, 1.82) is 0 Å². The van der Waals surface area contributed by atoms with E-state index in [0.717, 1.165) is 37.1 Å². The normalized spacial score (nSPS) is 10.5. The van der Waals surface area contributed by atoms with Crippen LogP contribution in [0.2, 0.25) is 0 Å². The number of methoxy groups -OCH3 is 1. The minimum absolute atomic E-state index is 0.419. The molecule has 0 bridgehead atoms. The Labute approximate surface area is 146 Å². The van der Waals surface area contributed by atoms with Crippen LogP contribution in [0.5, 0.6) is 11.5 Å². The van der Waals surface area contributed by atoms with Crippen LogP contribution in [0.4, 0.5) is 0 Å². The van der Waals surface area contributed by atoms with Crippen LogP contribution in [0, 0.1) is 6.92 Å². The largest absolute Gasteiger partial charge is 0.496 e. The quantitative estimate of drug-likeness (QED) is 0.550. The molecule has 0 N–H and O–H groups in total. The van der Waals surface area contributed by atoms with E-state index in [-0.39, 0.29) is 0 Å². The lowest BCUT2D eigenvalue weighted by Crippen LogP contribution is -2.00. The second kappa shape index (κ2) is 7.52. The molecule has 2 aromatic carbocycles. The first kappa shape index (κ1) is 16.7. The molecule has 0 atom stereocenters. The third kappa shape index (κ3) is 4.15. The van der Waals surface area contributed by atoms with Crippen molar-refractivity contribution < 1.29 is 9.47 Å². The fraction of sp³-hybridized carbons (Fsp3) is 0.250. The number of aryl methyl sites for hydroxylation is 1. The lowest BCUT2D eigenvalue weighted by atomic mass is 10.1. The molecule has 2 aromatic rings. The van der Waals surface area contributed by atoms with Crippen molar-refractivity contribution in [3.8, 4) is 11.5 Å². The SMILES string of the molecule is COc1ccc(COc2c(C)cc(Br)cc2CCl)cc1Br. The Morgan fingerprint density at radius 2 is 1.90 bits per heavy atom. The average molecular weight is 435 g/mol. The number of hydrogen-bond acceptors (Lipinski definition) is 2. The Hall–Kier alpha value is -0.710. The number of hydrogen-bond donors (Lipinski definition) is 0. The summed E-state index contributed by atoms with van der Waals surface area (Å²) in [7, 11) is 1.65. The lowest BCUT2D eigenvalue weighted by Gasteiger charge is -2.14. The fourth-order valence-electron chi connectivity index (χ4n) is 2.06. The molecule has 0 aliphatic rings. The van der Waals surface area contributed by atoms with Crippen molar-refractivity contribution in [1.82, 2.24) is 0 Å². The predicted molar refractivity (Wildman–Crippen MR) is 93.5 cm³/mol. The smallest absolute Gasteiger partial charge is 0.133 e. The maximum Gasteiger partial charge on any atom is 0.133 e. The second-order valence-corrected chi connectivity index (χ2v) is 6.64. The molecule has 0 aliphatic heterocycles. The van der Waals surface area contributed by atoms with Crippen molar-refractivity contribution in [2.24, 2.45) is 0 Å². The number of ether oxygens (including phenoxy) is 2. The van der Waals surface area contributed by atoms with Gasteiger partial charge in [0.25, 0.3) is 0 Å². The molecule has 0 radical (unpaired) electrons. The zero-order valence-electron chi connectivity index (χ0n) is 11.8. The van der Waals surface area contributed by atoms with E-state index in [2.05, 4.69) is 31.9 Å². The van der Waals surface area contributed by atoms with Crippen LogP contribution in [-0.4, -0.2) is 7.11 Å². The van der Waals surface area contributed by atoms with Crippen LogP contribution < -0.4 is 9.47 Å². The maximum atomic E-state index is 6.00. The number of halogens is 3. The highest BCUT2D eigenvalue weighted by atomic mass is 79.9. The van der Waals surface area contributed by atoms with Gasteiger partial charge in [0, 0.05) is 10.0 Å². The van der Waals surface area contributed by atoms with Gasteiger partial charge in [-0.1, -0.05) is 22.0 Å². The topological polar surface area (TPSA) is 18.5 Å². The summed E-state index contributed by atoms with van der Waals surface area (Å²) in [5, 5.41) is 0. The van der Waals surface area contributed by atoms with Crippen LogP contribution in [0.3, 0.4) is 0 Å². The van der Waals surface area contributed by atoms with Gasteiger partial charge in [-0.15, -0.1) is 11.6 Å². The van der Waals surface area contributed by atoms with Gasteiger partial charge in [0.15, 0.2) is 0 Å². The zero-order chi connectivity index (χ0) is 15.4. The summed E-state index contributed by atoms with van der Waals surface area (Å²) >= 11 is 13.0. The van der Waals surface area contributed by atoms with Gasteiger partial charge in [0.1, 0.15) is 18.1 Å². The van der Waals surface area contributed by atoms with Crippen molar-refractivity contribution in [3.05, 3.63) is 56.0 Å². The summed E-state index contributed by atoms with van der Waals surface area (Å²) in [6.45, 7) is 2.50. The van der Waals surface area contributed by atoms with Crippen LogP contribution in [0.25, 0.3) is 0 Å². The first-order valence-electron chi connectivity index (χ1n) is 6.35. The molecule has 112 valence electrons. The molecule has 0 heterocycles. The molecular weight excluding hydrogens is 419 g/mol. The van der Waals surface area contributed by atoms with Gasteiger partial charge in [-0.05, 0) is 58.2 Å². The summed E-state index contributed by atoms with van der Waals surface area (Å²) in [4.78, 5) is 0. The monoisotopic (exact) mass is 432 g/mol. The number of benzene rings is 2. The molecule has 0 amide bonds. The Morgan fingerprint density at radius 3 is 2.52 bits per heavy atom. The molecule has 5 heteroatoms. The maximum absolute atomic E-state index is 6.00. The van der Waals surface area contributed by atoms with E-state index in [1.54, 1.807) is 7.11 Å². The number of rotatable bonds is 5. The minimum Gasteiger partial charge on any atom is -0.496 e. The molecule has 21 heavy (non-hydrogen) atoms. The van der Waals surface area contributed by atoms with Crippen molar-refractivity contribution in [2.45, 2.75) is 19.4 Å². The van der Waals surface area contributed by atoms with Crippen molar-refractivity contribution in [2.75, 3.05) is 7.11 Å². The van der Waals surface area contributed by atoms with Crippen LogP contribution in [0.1, 0.15) is 16.7 Å². The van der Waals surface area contributed by atoms with Crippen molar-refractivity contribution >= 4 is 43.5 Å². The summed E-state index contributed by atoms with van der Waals surface area (Å²) < 4.78 is 13.1. The highest BCUT2D eigenvalue weighted by Gasteiger charge is 2.09. The second-order valence-electron chi connectivity index (χ2n) is 4.60. The highest BCUT2D eigenvalue weighted by molar-refractivity contribution is 9.10. The highest BCUT2D eigenvalue weighted by Crippen LogP contribution is 2.31. The molecule has 0 fully saturated rings. The standard InChI is InChI=1S/C16H15Br2ClO2/c1-10-5-13(17)7-12(8-19)16(10)21-9-11-3-4-15(20-2)14(18)6-11/h3-7H,8-9H2,1-2H3. The van der Waals surface area contributed by atoms with E-state index in [1.165, 1.54) is 0 Å². The third-order valence-electron chi connectivity index (χ3n) is 3.06. The first-order valence-corrected chi connectivity index (χ1v) is 8.47. The fourth-order valence-corrected chi connectivity index (χ4v) is 3.47. The van der Waals surface area contributed by atoms with Gasteiger partial charge in [-0.2, -0.15) is 0 Å². The molecule has 2 rings (SSSR count).